The lowest BCUT2D eigenvalue weighted by molar-refractivity contribution is 0.00670. The van der Waals surface area contributed by atoms with Crippen LogP contribution in [0.1, 0.15) is 52.9 Å². The molecule has 3 nitrogen and oxygen atoms in total. The minimum absolute atomic E-state index is 0.326. The molecule has 20 heavy (non-hydrogen) atoms. The van der Waals surface area contributed by atoms with Gasteiger partial charge in [-0.2, -0.15) is 0 Å². The predicted molar refractivity (Wildman–Crippen MR) is 87.2 cm³/mol. The monoisotopic (exact) mass is 281 g/mol. The highest BCUT2D eigenvalue weighted by Gasteiger charge is 2.37. The maximum absolute atomic E-state index is 3.64. The maximum atomic E-state index is 3.64. The molecule has 0 amide bonds. The summed E-state index contributed by atoms with van der Waals surface area (Å²) in [6, 6.07) is 0. The molecule has 1 heterocycles. The number of hydrogen-bond acceptors (Lipinski definition) is 3. The predicted octanol–water partition coefficient (Wildman–Crippen LogP) is 2.57. The van der Waals surface area contributed by atoms with Crippen LogP contribution in [0, 0.1) is 5.41 Å². The molecule has 0 spiro atoms. The van der Waals surface area contributed by atoms with Gasteiger partial charge in [-0.1, -0.05) is 26.2 Å². The Balaban J connectivity index is 1.97. The van der Waals surface area contributed by atoms with Gasteiger partial charge in [0, 0.05) is 38.3 Å². The fraction of sp³-hybridized carbons (Fsp3) is 1.00. The van der Waals surface area contributed by atoms with E-state index < -0.39 is 0 Å². The molecule has 0 aromatic rings. The normalized spacial score (nSPS) is 27.6. The number of likely N-dealkylation sites (N-methyl/N-ethyl adjacent to an activating group) is 1. The fourth-order valence-corrected chi connectivity index (χ4v) is 4.03. The molecule has 0 unspecified atom stereocenters. The molecule has 118 valence electrons. The molecule has 1 saturated carbocycles. The second-order valence-corrected chi connectivity index (χ2v) is 7.79. The Morgan fingerprint density at radius 1 is 1.05 bits per heavy atom. The van der Waals surface area contributed by atoms with Crippen LogP contribution in [-0.2, 0) is 0 Å². The van der Waals surface area contributed by atoms with Crippen molar-refractivity contribution in [3.05, 3.63) is 0 Å². The molecule has 0 aromatic heterocycles. The van der Waals surface area contributed by atoms with E-state index >= 15 is 0 Å². The zero-order chi connectivity index (χ0) is 14.6. The van der Waals surface area contributed by atoms with Crippen molar-refractivity contribution in [2.45, 2.75) is 58.4 Å². The van der Waals surface area contributed by atoms with Crippen molar-refractivity contribution in [1.82, 2.24) is 15.1 Å². The van der Waals surface area contributed by atoms with Gasteiger partial charge in [0.1, 0.15) is 0 Å². The van der Waals surface area contributed by atoms with Crippen LogP contribution in [0.25, 0.3) is 0 Å². The third-order valence-electron chi connectivity index (χ3n) is 5.62. The highest BCUT2D eigenvalue weighted by molar-refractivity contribution is 4.93. The number of nitrogens with zero attached hydrogens (tertiary/aromatic N) is 2. The summed E-state index contributed by atoms with van der Waals surface area (Å²) in [5.41, 5.74) is 0.868. The van der Waals surface area contributed by atoms with Crippen molar-refractivity contribution >= 4 is 0 Å². The van der Waals surface area contributed by atoms with Crippen molar-refractivity contribution in [3.8, 4) is 0 Å². The lowest BCUT2D eigenvalue weighted by Gasteiger charge is -2.49. The van der Waals surface area contributed by atoms with Crippen LogP contribution in [0.4, 0.5) is 0 Å². The Labute approximate surface area is 126 Å². The SMILES string of the molecule is CCNCC1(CN2CCN(C)C(C)(C)C2)CCCCC1. The van der Waals surface area contributed by atoms with E-state index in [0.29, 0.717) is 11.0 Å². The average molecular weight is 281 g/mol. The summed E-state index contributed by atoms with van der Waals surface area (Å²) in [7, 11) is 2.27. The first kappa shape index (κ1) is 16.3. The van der Waals surface area contributed by atoms with Gasteiger partial charge in [-0.3, -0.25) is 9.80 Å². The zero-order valence-corrected chi connectivity index (χ0v) is 14.2. The molecular weight excluding hydrogens is 246 g/mol. The number of piperazine rings is 1. The number of rotatable bonds is 5. The first-order valence-corrected chi connectivity index (χ1v) is 8.62. The molecule has 3 heteroatoms. The van der Waals surface area contributed by atoms with Crippen LogP contribution in [0.5, 0.6) is 0 Å². The van der Waals surface area contributed by atoms with E-state index in [2.05, 4.69) is 42.9 Å². The van der Waals surface area contributed by atoms with Crippen molar-refractivity contribution < 1.29 is 0 Å². The second-order valence-electron chi connectivity index (χ2n) is 7.79. The van der Waals surface area contributed by atoms with Crippen molar-refractivity contribution in [2.24, 2.45) is 5.41 Å². The van der Waals surface area contributed by atoms with Gasteiger partial charge in [0.2, 0.25) is 0 Å². The summed E-state index contributed by atoms with van der Waals surface area (Å²) in [5, 5.41) is 3.64. The molecule has 1 aliphatic heterocycles. The van der Waals surface area contributed by atoms with Crippen LogP contribution < -0.4 is 5.32 Å². The lowest BCUT2D eigenvalue weighted by Crippen LogP contribution is -2.60. The Kier molecular flexibility index (Phi) is 5.49. The molecule has 0 aromatic carbocycles. The molecule has 1 aliphatic carbocycles. The smallest absolute Gasteiger partial charge is 0.0277 e. The summed E-state index contributed by atoms with van der Waals surface area (Å²) >= 11 is 0. The Bertz CT molecular complexity index is 295. The highest BCUT2D eigenvalue weighted by Crippen LogP contribution is 2.37. The zero-order valence-electron chi connectivity index (χ0n) is 14.2. The molecule has 0 bridgehead atoms. The van der Waals surface area contributed by atoms with Gasteiger partial charge in [-0.25, -0.2) is 0 Å². The van der Waals surface area contributed by atoms with Crippen LogP contribution in [0.2, 0.25) is 0 Å². The van der Waals surface area contributed by atoms with Crippen LogP contribution >= 0.6 is 0 Å². The van der Waals surface area contributed by atoms with E-state index in [0.717, 1.165) is 6.54 Å². The summed E-state index contributed by atoms with van der Waals surface area (Å²) in [6.07, 6.45) is 7.16. The molecule has 0 radical (unpaired) electrons. The van der Waals surface area contributed by atoms with Gasteiger partial charge < -0.3 is 5.32 Å². The molecule has 0 atom stereocenters. The van der Waals surface area contributed by atoms with E-state index in [1.54, 1.807) is 0 Å². The van der Waals surface area contributed by atoms with E-state index in [4.69, 9.17) is 0 Å². The summed E-state index contributed by atoms with van der Waals surface area (Å²) < 4.78 is 0. The molecule has 2 fully saturated rings. The van der Waals surface area contributed by atoms with E-state index in [-0.39, 0.29) is 0 Å². The van der Waals surface area contributed by atoms with Crippen molar-refractivity contribution in [2.75, 3.05) is 46.3 Å². The van der Waals surface area contributed by atoms with Crippen molar-refractivity contribution in [1.29, 1.82) is 0 Å². The molecule has 2 aliphatic rings. The number of hydrogen-bond donors (Lipinski definition) is 1. The van der Waals surface area contributed by atoms with E-state index in [1.165, 1.54) is 64.8 Å². The van der Waals surface area contributed by atoms with Crippen LogP contribution in [0.15, 0.2) is 0 Å². The standard InChI is InChI=1S/C17H35N3/c1-5-18-13-17(9-7-6-8-10-17)15-20-12-11-19(4)16(2,3)14-20/h18H,5-15H2,1-4H3. The van der Waals surface area contributed by atoms with Crippen molar-refractivity contribution in [3.63, 3.8) is 0 Å². The largest absolute Gasteiger partial charge is 0.316 e. The minimum Gasteiger partial charge on any atom is -0.316 e. The summed E-state index contributed by atoms with van der Waals surface area (Å²) in [5.74, 6) is 0. The number of nitrogens with one attached hydrogen (secondary N) is 1. The first-order chi connectivity index (χ1) is 9.47. The third-order valence-corrected chi connectivity index (χ3v) is 5.62. The van der Waals surface area contributed by atoms with Gasteiger partial charge in [-0.15, -0.1) is 0 Å². The van der Waals surface area contributed by atoms with Gasteiger partial charge in [0.05, 0.1) is 0 Å². The molecule has 1 N–H and O–H groups in total. The maximum Gasteiger partial charge on any atom is 0.0277 e. The van der Waals surface area contributed by atoms with Gasteiger partial charge in [0.15, 0.2) is 0 Å². The quantitative estimate of drug-likeness (QED) is 0.835. The van der Waals surface area contributed by atoms with Gasteiger partial charge >= 0.3 is 0 Å². The Morgan fingerprint density at radius 3 is 2.35 bits per heavy atom. The lowest BCUT2D eigenvalue weighted by atomic mass is 9.73. The highest BCUT2D eigenvalue weighted by atomic mass is 15.3. The fourth-order valence-electron chi connectivity index (χ4n) is 4.03. The van der Waals surface area contributed by atoms with Gasteiger partial charge in [-0.05, 0) is 45.7 Å². The van der Waals surface area contributed by atoms with Gasteiger partial charge in [0.25, 0.3) is 0 Å². The topological polar surface area (TPSA) is 18.5 Å². The first-order valence-electron chi connectivity index (χ1n) is 8.62. The Hall–Kier alpha value is -0.120. The van der Waals surface area contributed by atoms with Crippen LogP contribution in [0.3, 0.4) is 0 Å². The third kappa shape index (κ3) is 3.96. The molecule has 1 saturated heterocycles. The van der Waals surface area contributed by atoms with E-state index in [1.807, 2.05) is 0 Å². The van der Waals surface area contributed by atoms with E-state index in [9.17, 15) is 0 Å². The summed E-state index contributed by atoms with van der Waals surface area (Å²) in [6.45, 7) is 14.3. The Morgan fingerprint density at radius 2 is 1.75 bits per heavy atom. The van der Waals surface area contributed by atoms with Crippen LogP contribution in [-0.4, -0.2) is 61.7 Å². The average Bonchev–Trinajstić information content (AvgIpc) is 2.42. The second kappa shape index (κ2) is 6.76. The molecule has 2 rings (SSSR count). The molecular formula is C17H35N3. The summed E-state index contributed by atoms with van der Waals surface area (Å²) in [4.78, 5) is 5.25. The minimum atomic E-state index is 0.326.